The summed E-state index contributed by atoms with van der Waals surface area (Å²) < 4.78 is 16.1. The maximum absolute atomic E-state index is 13.1. The van der Waals surface area contributed by atoms with Crippen LogP contribution in [0.4, 0.5) is 0 Å². The van der Waals surface area contributed by atoms with Crippen LogP contribution in [0.3, 0.4) is 0 Å². The molecule has 2 rings (SSSR count). The molecule has 0 fully saturated rings. The normalized spacial score (nSPS) is 11.4. The fourth-order valence-electron chi connectivity index (χ4n) is 3.15. The number of amides is 2. The van der Waals surface area contributed by atoms with E-state index in [1.165, 1.54) is 0 Å². The van der Waals surface area contributed by atoms with Gasteiger partial charge in [0.2, 0.25) is 5.91 Å². The molecule has 0 aromatic heterocycles. The summed E-state index contributed by atoms with van der Waals surface area (Å²) in [5, 5.41) is 2.90. The third-order valence-electron chi connectivity index (χ3n) is 4.84. The van der Waals surface area contributed by atoms with Crippen molar-refractivity contribution in [2.24, 2.45) is 0 Å². The van der Waals surface area contributed by atoms with Gasteiger partial charge < -0.3 is 24.4 Å². The molecule has 0 spiro atoms. The highest BCUT2D eigenvalue weighted by atomic mass is 16.5. The molecule has 7 nitrogen and oxygen atoms in total. The minimum absolute atomic E-state index is 0.162. The Balaban J connectivity index is 2.18. The lowest BCUT2D eigenvalue weighted by atomic mass is 10.1. The van der Waals surface area contributed by atoms with Gasteiger partial charge in [0.1, 0.15) is 23.3 Å². The molecule has 1 N–H and O–H groups in total. The van der Waals surface area contributed by atoms with Crippen molar-refractivity contribution in [3.8, 4) is 17.2 Å². The van der Waals surface area contributed by atoms with Gasteiger partial charge in [-0.1, -0.05) is 26.0 Å². The molecule has 0 saturated carbocycles. The topological polar surface area (TPSA) is 77.1 Å². The van der Waals surface area contributed by atoms with Crippen molar-refractivity contribution < 1.29 is 23.8 Å². The second-order valence-electron chi connectivity index (χ2n) is 7.05. The molecule has 0 aliphatic rings. The summed E-state index contributed by atoms with van der Waals surface area (Å²) in [7, 11) is 3.18. The van der Waals surface area contributed by atoms with E-state index < -0.39 is 6.04 Å². The third kappa shape index (κ3) is 7.20. The zero-order valence-corrected chi connectivity index (χ0v) is 18.7. The zero-order chi connectivity index (χ0) is 22.6. The largest absolute Gasteiger partial charge is 0.497 e. The monoisotopic (exact) mass is 428 g/mol. The van der Waals surface area contributed by atoms with E-state index in [-0.39, 0.29) is 25.0 Å². The number of carbonyl (C=O) groups excluding carboxylic acids is 2. The number of benzene rings is 2. The predicted molar refractivity (Wildman–Crippen MR) is 119 cm³/mol. The van der Waals surface area contributed by atoms with Crippen molar-refractivity contribution in [1.29, 1.82) is 0 Å². The van der Waals surface area contributed by atoms with Crippen LogP contribution in [0.5, 0.6) is 17.2 Å². The van der Waals surface area contributed by atoms with Crippen LogP contribution in [-0.2, 0) is 16.1 Å². The molecule has 0 heterocycles. The summed E-state index contributed by atoms with van der Waals surface area (Å²) in [5.74, 6) is 1.53. The van der Waals surface area contributed by atoms with Gasteiger partial charge in [0.15, 0.2) is 6.61 Å². The van der Waals surface area contributed by atoms with Gasteiger partial charge in [0.05, 0.1) is 14.2 Å². The molecule has 7 heteroatoms. The highest BCUT2D eigenvalue weighted by molar-refractivity contribution is 5.88. The van der Waals surface area contributed by atoms with Crippen LogP contribution in [0.25, 0.3) is 0 Å². The second kappa shape index (κ2) is 12.5. The van der Waals surface area contributed by atoms with Crippen molar-refractivity contribution in [1.82, 2.24) is 10.2 Å². The maximum Gasteiger partial charge on any atom is 0.261 e. The second-order valence-corrected chi connectivity index (χ2v) is 7.05. The van der Waals surface area contributed by atoms with Gasteiger partial charge in [-0.25, -0.2) is 0 Å². The third-order valence-corrected chi connectivity index (χ3v) is 4.84. The smallest absolute Gasteiger partial charge is 0.261 e. The lowest BCUT2D eigenvalue weighted by molar-refractivity contribution is -0.143. The summed E-state index contributed by atoms with van der Waals surface area (Å²) >= 11 is 0. The number of nitrogens with zero attached hydrogens (tertiary/aromatic N) is 1. The van der Waals surface area contributed by atoms with Crippen LogP contribution < -0.4 is 19.5 Å². The molecule has 168 valence electrons. The lowest BCUT2D eigenvalue weighted by Gasteiger charge is -2.30. The van der Waals surface area contributed by atoms with E-state index in [0.717, 1.165) is 12.0 Å². The van der Waals surface area contributed by atoms with Crippen LogP contribution in [0.2, 0.25) is 0 Å². The van der Waals surface area contributed by atoms with Gasteiger partial charge in [-0.2, -0.15) is 0 Å². The minimum atomic E-state index is -0.593. The molecule has 2 aromatic carbocycles. The first-order chi connectivity index (χ1) is 15.0. The van der Waals surface area contributed by atoms with E-state index >= 15 is 0 Å². The number of methoxy groups -OCH3 is 2. The van der Waals surface area contributed by atoms with Crippen molar-refractivity contribution in [3.05, 3.63) is 54.1 Å². The first-order valence-corrected chi connectivity index (χ1v) is 10.5. The number of rotatable bonds is 12. The van der Waals surface area contributed by atoms with E-state index in [1.54, 1.807) is 43.4 Å². The van der Waals surface area contributed by atoms with Gasteiger partial charge in [0, 0.05) is 13.1 Å². The Morgan fingerprint density at radius 1 is 0.968 bits per heavy atom. The van der Waals surface area contributed by atoms with Crippen LogP contribution in [0.15, 0.2) is 48.5 Å². The number of carbonyl (C=O) groups is 2. The number of ether oxygens (including phenoxy) is 3. The molecule has 0 bridgehead atoms. The molecule has 2 amide bonds. The number of hydrogen-bond acceptors (Lipinski definition) is 5. The van der Waals surface area contributed by atoms with Crippen LogP contribution in [-0.4, -0.2) is 50.1 Å². The molecule has 0 saturated heterocycles. The Morgan fingerprint density at radius 3 is 2.26 bits per heavy atom. The Hall–Kier alpha value is -3.22. The molecule has 0 aliphatic heterocycles. The molecule has 1 unspecified atom stereocenters. The van der Waals surface area contributed by atoms with Crippen LogP contribution >= 0.6 is 0 Å². The number of nitrogens with one attached hydrogen (secondary N) is 1. The highest BCUT2D eigenvalue weighted by Gasteiger charge is 2.28. The molecule has 2 aromatic rings. The Kier molecular flexibility index (Phi) is 9.68. The maximum atomic E-state index is 13.1. The van der Waals surface area contributed by atoms with E-state index in [1.807, 2.05) is 38.1 Å². The number of hydrogen-bond donors (Lipinski definition) is 1. The van der Waals surface area contributed by atoms with E-state index in [0.29, 0.717) is 30.2 Å². The van der Waals surface area contributed by atoms with Crippen molar-refractivity contribution in [2.45, 2.75) is 39.3 Å². The fraction of sp³-hybridized carbons (Fsp3) is 0.417. The Labute approximate surface area is 184 Å². The van der Waals surface area contributed by atoms with Crippen molar-refractivity contribution in [2.75, 3.05) is 27.4 Å². The van der Waals surface area contributed by atoms with Gasteiger partial charge in [-0.3, -0.25) is 9.59 Å². The van der Waals surface area contributed by atoms with Gasteiger partial charge in [-0.15, -0.1) is 0 Å². The summed E-state index contributed by atoms with van der Waals surface area (Å²) in [6.07, 6.45) is 1.32. The van der Waals surface area contributed by atoms with Gasteiger partial charge in [-0.05, 0) is 54.8 Å². The summed E-state index contributed by atoms with van der Waals surface area (Å²) in [6, 6.07) is 13.9. The molecule has 31 heavy (non-hydrogen) atoms. The van der Waals surface area contributed by atoms with Crippen LogP contribution in [0, 0.1) is 0 Å². The van der Waals surface area contributed by atoms with E-state index in [2.05, 4.69) is 5.32 Å². The summed E-state index contributed by atoms with van der Waals surface area (Å²) in [4.78, 5) is 27.5. The Bertz CT molecular complexity index is 838. The molecular weight excluding hydrogens is 396 g/mol. The van der Waals surface area contributed by atoms with E-state index in [9.17, 15) is 9.59 Å². The van der Waals surface area contributed by atoms with Crippen molar-refractivity contribution >= 4 is 11.8 Å². The van der Waals surface area contributed by atoms with Crippen LogP contribution in [0.1, 0.15) is 32.3 Å². The SMILES string of the molecule is CCCNC(=O)C(CC)N(Cc1cccc(OC)c1)C(=O)COc1ccc(OC)cc1. The average molecular weight is 429 g/mol. The minimum Gasteiger partial charge on any atom is -0.497 e. The fourth-order valence-corrected chi connectivity index (χ4v) is 3.15. The lowest BCUT2D eigenvalue weighted by Crippen LogP contribution is -2.50. The van der Waals surface area contributed by atoms with Gasteiger partial charge in [0.25, 0.3) is 5.91 Å². The van der Waals surface area contributed by atoms with Gasteiger partial charge >= 0.3 is 0 Å². The first kappa shape index (κ1) is 24.1. The highest BCUT2D eigenvalue weighted by Crippen LogP contribution is 2.19. The zero-order valence-electron chi connectivity index (χ0n) is 18.7. The molecule has 0 aliphatic carbocycles. The summed E-state index contributed by atoms with van der Waals surface area (Å²) in [5.41, 5.74) is 0.874. The quantitative estimate of drug-likeness (QED) is 0.561. The molecule has 1 atom stereocenters. The molecular formula is C24H32N2O5. The standard InChI is InChI=1S/C24H32N2O5/c1-5-14-25-24(28)22(6-2)26(16-18-8-7-9-21(15-18)30-4)23(27)17-31-20-12-10-19(29-3)11-13-20/h7-13,15,22H,5-6,14,16-17H2,1-4H3,(H,25,28). The van der Waals surface area contributed by atoms with Crippen molar-refractivity contribution in [3.63, 3.8) is 0 Å². The first-order valence-electron chi connectivity index (χ1n) is 10.5. The predicted octanol–water partition coefficient (Wildman–Crippen LogP) is 3.42. The summed E-state index contributed by atoms with van der Waals surface area (Å²) in [6.45, 7) is 4.56. The Morgan fingerprint density at radius 2 is 1.65 bits per heavy atom. The average Bonchev–Trinajstić information content (AvgIpc) is 2.81. The van der Waals surface area contributed by atoms with E-state index in [4.69, 9.17) is 14.2 Å². The molecule has 0 radical (unpaired) electrons.